The van der Waals surface area contributed by atoms with Crippen molar-refractivity contribution >= 4 is 16.3 Å². The van der Waals surface area contributed by atoms with Gasteiger partial charge in [0, 0.05) is 26.2 Å². The summed E-state index contributed by atoms with van der Waals surface area (Å²) >= 11 is 0. The molecule has 1 amide bonds. The van der Waals surface area contributed by atoms with Crippen LogP contribution >= 0.6 is 0 Å². The van der Waals surface area contributed by atoms with Gasteiger partial charge in [0.1, 0.15) is 19.0 Å². The molecule has 3 heterocycles. The van der Waals surface area contributed by atoms with E-state index in [0.29, 0.717) is 12.3 Å². The van der Waals surface area contributed by atoms with Crippen molar-refractivity contribution in [3.05, 3.63) is 29.8 Å². The Morgan fingerprint density at radius 3 is 2.55 bits per heavy atom. The molecule has 3 aliphatic heterocycles. The molecule has 0 radical (unpaired) electrons. The second-order valence-electron chi connectivity index (χ2n) is 9.41. The molecule has 9 nitrogen and oxygen atoms in total. The summed E-state index contributed by atoms with van der Waals surface area (Å²) in [5.74, 6) is 1.25. The minimum atomic E-state index is -3.65. The zero-order valence-electron chi connectivity index (χ0n) is 19.6. The molecule has 3 unspecified atom stereocenters. The summed E-state index contributed by atoms with van der Waals surface area (Å²) in [7, 11) is -0.688. The summed E-state index contributed by atoms with van der Waals surface area (Å²) in [5, 5.41) is 0. The van der Waals surface area contributed by atoms with Crippen LogP contribution in [0.15, 0.2) is 24.3 Å². The van der Waals surface area contributed by atoms with Gasteiger partial charge in [-0.2, -0.15) is 17.4 Å². The maximum absolute atomic E-state index is 13.0. The maximum atomic E-state index is 13.0. The van der Waals surface area contributed by atoms with Gasteiger partial charge in [-0.05, 0) is 62.6 Å². The first-order valence-electron chi connectivity index (χ1n) is 11.7. The molecule has 5 rings (SSSR count). The number of nitrogens with one attached hydrogen (secondary N) is 1. The standard InChI is InChI=1S/C23H35N3O6S/c1-16-13-21(24-33(28,29)25(2)3)22-15-32-19-9-7-17(8-10-19)18-5-4-6-20(14-18)30-11-12-31-23(27)26(16)22/h4-6,14,16-17,19,21-22,24H,7-13,15H2,1-3H3. The van der Waals surface area contributed by atoms with Crippen LogP contribution in [0.4, 0.5) is 4.79 Å². The molecule has 1 saturated heterocycles. The number of ether oxygens (including phenoxy) is 3. The number of nitrogens with zero attached hydrogens (tertiary/aromatic N) is 2. The average molecular weight is 482 g/mol. The van der Waals surface area contributed by atoms with Gasteiger partial charge >= 0.3 is 6.09 Å². The van der Waals surface area contributed by atoms with Crippen LogP contribution in [0.3, 0.4) is 0 Å². The van der Waals surface area contributed by atoms with Gasteiger partial charge in [-0.1, -0.05) is 12.1 Å². The highest BCUT2D eigenvalue weighted by Gasteiger charge is 2.45. The summed E-state index contributed by atoms with van der Waals surface area (Å²) in [4.78, 5) is 14.6. The third-order valence-electron chi connectivity index (χ3n) is 6.97. The molecule has 1 saturated carbocycles. The molecule has 0 spiro atoms. The van der Waals surface area contributed by atoms with Gasteiger partial charge in [-0.15, -0.1) is 0 Å². The third kappa shape index (κ3) is 5.62. The van der Waals surface area contributed by atoms with Gasteiger partial charge in [-0.3, -0.25) is 4.90 Å². The van der Waals surface area contributed by atoms with Gasteiger partial charge in [0.25, 0.3) is 10.2 Å². The number of hydrogen-bond donors (Lipinski definition) is 1. The third-order valence-corrected chi connectivity index (χ3v) is 8.53. The van der Waals surface area contributed by atoms with E-state index in [-0.39, 0.29) is 32.0 Å². The summed E-state index contributed by atoms with van der Waals surface area (Å²) < 4.78 is 46.5. The van der Waals surface area contributed by atoms with E-state index < -0.39 is 28.4 Å². The second-order valence-corrected chi connectivity index (χ2v) is 11.3. The van der Waals surface area contributed by atoms with Gasteiger partial charge < -0.3 is 14.2 Å². The molecule has 184 valence electrons. The van der Waals surface area contributed by atoms with Crippen LogP contribution in [0.5, 0.6) is 5.75 Å². The molecule has 10 heteroatoms. The first-order valence-corrected chi connectivity index (χ1v) is 13.2. The molecule has 3 atom stereocenters. The van der Waals surface area contributed by atoms with Crippen LogP contribution in [0.25, 0.3) is 0 Å². The lowest BCUT2D eigenvalue weighted by Crippen LogP contribution is -2.52. The van der Waals surface area contributed by atoms with Crippen molar-refractivity contribution in [1.82, 2.24) is 13.9 Å². The number of rotatable bonds is 3. The first kappa shape index (κ1) is 24.3. The molecule has 1 N–H and O–H groups in total. The number of benzene rings is 1. The smallest absolute Gasteiger partial charge is 0.410 e. The van der Waals surface area contributed by atoms with E-state index >= 15 is 0 Å². The van der Waals surface area contributed by atoms with E-state index in [9.17, 15) is 13.2 Å². The van der Waals surface area contributed by atoms with Crippen molar-refractivity contribution in [3.63, 3.8) is 0 Å². The molecule has 33 heavy (non-hydrogen) atoms. The Morgan fingerprint density at radius 2 is 1.82 bits per heavy atom. The van der Waals surface area contributed by atoms with Crippen molar-refractivity contribution < 1.29 is 27.4 Å². The highest BCUT2D eigenvalue weighted by molar-refractivity contribution is 7.87. The Hall–Kier alpha value is -1.88. The summed E-state index contributed by atoms with van der Waals surface area (Å²) in [5.41, 5.74) is 1.27. The molecule has 1 aliphatic carbocycles. The first-order chi connectivity index (χ1) is 15.7. The monoisotopic (exact) mass is 481 g/mol. The molecule has 1 aromatic carbocycles. The quantitative estimate of drug-likeness (QED) is 0.713. The van der Waals surface area contributed by atoms with Gasteiger partial charge in [0.05, 0.1) is 18.8 Å². The largest absolute Gasteiger partial charge is 0.490 e. The van der Waals surface area contributed by atoms with Crippen LogP contribution in [0.1, 0.15) is 50.5 Å². The second kappa shape index (κ2) is 10.2. The predicted octanol–water partition coefficient (Wildman–Crippen LogP) is 2.49. The van der Waals surface area contributed by atoms with Crippen molar-refractivity contribution in [3.8, 4) is 5.75 Å². The zero-order valence-corrected chi connectivity index (χ0v) is 20.4. The Balaban J connectivity index is 1.54. The molecule has 2 fully saturated rings. The van der Waals surface area contributed by atoms with Crippen LogP contribution in [-0.4, -0.2) is 81.9 Å². The summed E-state index contributed by atoms with van der Waals surface area (Å²) in [6.07, 6.45) is 4.01. The fourth-order valence-corrected chi connectivity index (χ4v) is 5.96. The molecule has 4 aliphatic rings. The van der Waals surface area contributed by atoms with E-state index in [1.54, 1.807) is 4.90 Å². The van der Waals surface area contributed by atoms with Crippen molar-refractivity contribution in [2.75, 3.05) is 33.9 Å². The Bertz CT molecular complexity index is 932. The fraction of sp³-hybridized carbons (Fsp3) is 0.696. The number of fused-ring (bicyclic) bond motifs is 7. The number of amides is 1. The maximum Gasteiger partial charge on any atom is 0.410 e. The van der Waals surface area contributed by atoms with E-state index in [1.807, 2.05) is 19.1 Å². The SMILES string of the molecule is CC1CC(NS(=O)(=O)N(C)C)C2COC3CCC(CC3)c3cccc(c3)OCCOC(=O)N12. The molecule has 4 bridgehead atoms. The van der Waals surface area contributed by atoms with Crippen LogP contribution < -0.4 is 9.46 Å². The Kier molecular flexibility index (Phi) is 7.47. The highest BCUT2D eigenvalue weighted by Crippen LogP contribution is 2.36. The minimum Gasteiger partial charge on any atom is -0.490 e. The topological polar surface area (TPSA) is 97.4 Å². The molecule has 0 aromatic heterocycles. The lowest BCUT2D eigenvalue weighted by molar-refractivity contribution is -0.0115. The number of carbonyl (C=O) groups is 1. The van der Waals surface area contributed by atoms with Crippen LogP contribution in [-0.2, 0) is 19.7 Å². The molecular weight excluding hydrogens is 446 g/mol. The van der Waals surface area contributed by atoms with E-state index in [2.05, 4.69) is 16.9 Å². The fourth-order valence-electron chi connectivity index (χ4n) is 5.11. The highest BCUT2D eigenvalue weighted by atomic mass is 32.2. The van der Waals surface area contributed by atoms with Gasteiger partial charge in [0.15, 0.2) is 0 Å². The molecule has 1 aromatic rings. The lowest BCUT2D eigenvalue weighted by Gasteiger charge is -2.34. The lowest BCUT2D eigenvalue weighted by atomic mass is 9.82. The van der Waals surface area contributed by atoms with Crippen LogP contribution in [0.2, 0.25) is 0 Å². The molecular formula is C23H35N3O6S. The van der Waals surface area contributed by atoms with Crippen molar-refractivity contribution in [2.45, 2.75) is 69.2 Å². The average Bonchev–Trinajstić information content (AvgIpc) is 3.09. The summed E-state index contributed by atoms with van der Waals surface area (Å²) in [6, 6.07) is 7.07. The minimum absolute atomic E-state index is 0.0912. The van der Waals surface area contributed by atoms with E-state index in [4.69, 9.17) is 14.2 Å². The van der Waals surface area contributed by atoms with Crippen LogP contribution in [0, 0.1) is 0 Å². The number of hydrogen-bond acceptors (Lipinski definition) is 6. The predicted molar refractivity (Wildman–Crippen MR) is 123 cm³/mol. The normalized spacial score (nSPS) is 31.2. The van der Waals surface area contributed by atoms with E-state index in [1.165, 1.54) is 19.7 Å². The van der Waals surface area contributed by atoms with Gasteiger partial charge in [-0.25, -0.2) is 4.79 Å². The number of carbonyl (C=O) groups excluding carboxylic acids is 1. The van der Waals surface area contributed by atoms with Gasteiger partial charge in [0.2, 0.25) is 0 Å². The van der Waals surface area contributed by atoms with E-state index in [0.717, 1.165) is 35.7 Å². The Labute approximate surface area is 196 Å². The Morgan fingerprint density at radius 1 is 1.09 bits per heavy atom. The summed E-state index contributed by atoms with van der Waals surface area (Å²) in [6.45, 7) is 2.53. The zero-order chi connectivity index (χ0) is 23.6. The van der Waals surface area contributed by atoms with Crippen molar-refractivity contribution in [2.24, 2.45) is 0 Å². The van der Waals surface area contributed by atoms with Crippen molar-refractivity contribution in [1.29, 1.82) is 0 Å².